The average Bonchev–Trinajstić information content (AvgIpc) is 3.95. The van der Waals surface area contributed by atoms with Crippen LogP contribution in [0.4, 0.5) is 0 Å². The quantitative estimate of drug-likeness (QED) is 0.220. The van der Waals surface area contributed by atoms with Crippen LogP contribution in [0.25, 0.3) is 11.1 Å². The Kier molecular flexibility index (Phi) is 6.70. The Labute approximate surface area is 257 Å². The molecule has 0 aliphatic heterocycles. The summed E-state index contributed by atoms with van der Waals surface area (Å²) in [6.07, 6.45) is 1.05. The van der Waals surface area contributed by atoms with Crippen LogP contribution >= 0.6 is 0 Å². The molecule has 0 heterocycles. The summed E-state index contributed by atoms with van der Waals surface area (Å²) in [5.74, 6) is -3.23. The van der Waals surface area contributed by atoms with Crippen LogP contribution in [-0.4, -0.2) is 37.7 Å². The number of carbonyl (C=O) groups is 3. The average molecular weight is 611 g/mol. The molecule has 8 heteroatoms. The standard InChI is InChI=1S/C36H34O7S/c1-35-27(22-12-6-3-7-13-22)28(23-14-8-4-9-15-23)36(2,34(35)39)30(44(40,41)26-16-10-5-11-17-26)29(35)33(42-31(37)24-18-19-24)43-32(38)25-20-21-25/h3-17,24-25,29-30,33H,18-21H2,1-2H3/t29?,30?,35-,36-/m1/s1. The monoisotopic (exact) mass is 610 g/mol. The van der Waals surface area contributed by atoms with E-state index in [1.807, 2.05) is 60.7 Å². The highest BCUT2D eigenvalue weighted by atomic mass is 32.2. The van der Waals surface area contributed by atoms with E-state index in [4.69, 9.17) is 9.47 Å². The molecular formula is C36H34O7S. The zero-order chi connectivity index (χ0) is 30.9. The van der Waals surface area contributed by atoms with Crippen molar-refractivity contribution in [2.45, 2.75) is 56.0 Å². The minimum Gasteiger partial charge on any atom is -0.425 e. The molecule has 0 radical (unpaired) electrons. The molecule has 3 fully saturated rings. The van der Waals surface area contributed by atoms with Crippen molar-refractivity contribution in [3.05, 3.63) is 102 Å². The fraction of sp³-hybridized carbons (Fsp3) is 0.361. The minimum absolute atomic E-state index is 0.0506. The first-order chi connectivity index (χ1) is 21.1. The van der Waals surface area contributed by atoms with Gasteiger partial charge in [-0.1, -0.05) is 78.9 Å². The van der Waals surface area contributed by atoms with E-state index in [0.717, 1.165) is 11.1 Å². The van der Waals surface area contributed by atoms with Crippen LogP contribution in [0.5, 0.6) is 0 Å². The maximum Gasteiger partial charge on any atom is 0.312 e. The lowest BCUT2D eigenvalue weighted by atomic mass is 9.67. The lowest BCUT2D eigenvalue weighted by molar-refractivity contribution is -0.204. The Morgan fingerprint density at radius 1 is 0.682 bits per heavy atom. The van der Waals surface area contributed by atoms with Gasteiger partial charge in [0, 0.05) is 0 Å². The molecule has 44 heavy (non-hydrogen) atoms. The van der Waals surface area contributed by atoms with E-state index >= 15 is 4.79 Å². The van der Waals surface area contributed by atoms with Crippen LogP contribution in [-0.2, 0) is 33.7 Å². The van der Waals surface area contributed by atoms with Crippen LogP contribution in [0.1, 0.15) is 50.7 Å². The van der Waals surface area contributed by atoms with Crippen molar-refractivity contribution in [1.82, 2.24) is 0 Å². The van der Waals surface area contributed by atoms with E-state index < -0.39 is 50.1 Å². The van der Waals surface area contributed by atoms with E-state index in [0.29, 0.717) is 36.8 Å². The van der Waals surface area contributed by atoms with Crippen LogP contribution in [0.15, 0.2) is 95.9 Å². The van der Waals surface area contributed by atoms with Gasteiger partial charge in [0.2, 0.25) is 0 Å². The number of ether oxygens (including phenoxy) is 2. The van der Waals surface area contributed by atoms with E-state index in [1.165, 1.54) is 12.1 Å². The number of ketones is 1. The molecule has 0 N–H and O–H groups in total. The number of hydrogen-bond donors (Lipinski definition) is 0. The predicted molar refractivity (Wildman–Crippen MR) is 163 cm³/mol. The van der Waals surface area contributed by atoms with Crippen molar-refractivity contribution in [2.24, 2.45) is 28.6 Å². The van der Waals surface area contributed by atoms with Crippen molar-refractivity contribution < 1.29 is 32.3 Å². The van der Waals surface area contributed by atoms with Gasteiger partial charge in [0.15, 0.2) is 15.6 Å². The lowest BCUT2D eigenvalue weighted by Crippen LogP contribution is -2.51. The summed E-state index contributed by atoms with van der Waals surface area (Å²) in [7, 11) is -4.26. The maximum atomic E-state index is 15.1. The molecule has 4 aliphatic carbocycles. The highest BCUT2D eigenvalue weighted by Crippen LogP contribution is 2.72. The number of fused-ring (bicyclic) bond motifs is 2. The van der Waals surface area contributed by atoms with Gasteiger partial charge in [-0.25, -0.2) is 8.42 Å². The zero-order valence-electron chi connectivity index (χ0n) is 24.6. The largest absolute Gasteiger partial charge is 0.425 e. The summed E-state index contributed by atoms with van der Waals surface area (Å²) in [6, 6.07) is 26.8. The second kappa shape index (κ2) is 10.3. The first-order valence-corrected chi connectivity index (χ1v) is 16.7. The maximum absolute atomic E-state index is 15.1. The van der Waals surface area contributed by atoms with E-state index in [1.54, 1.807) is 32.0 Å². The van der Waals surface area contributed by atoms with Gasteiger partial charge in [0.25, 0.3) is 6.29 Å². The molecule has 2 bridgehead atoms. The molecule has 0 spiro atoms. The van der Waals surface area contributed by atoms with Crippen molar-refractivity contribution in [3.63, 3.8) is 0 Å². The number of sulfone groups is 1. The molecule has 2 unspecified atom stereocenters. The molecule has 3 aromatic rings. The summed E-state index contributed by atoms with van der Waals surface area (Å²) < 4.78 is 41.7. The molecule has 4 aliphatic rings. The first kappa shape index (κ1) is 28.7. The van der Waals surface area contributed by atoms with Crippen molar-refractivity contribution in [3.8, 4) is 0 Å². The summed E-state index contributed by atoms with van der Waals surface area (Å²) in [5.41, 5.74) is -0.260. The third-order valence-corrected chi connectivity index (χ3v) is 12.3. The Bertz CT molecular complexity index is 1750. The third-order valence-electron chi connectivity index (χ3n) is 9.90. The lowest BCUT2D eigenvalue weighted by Gasteiger charge is -2.43. The number of Topliss-reactive ketones (excluding diaryl/α,β-unsaturated/α-hetero) is 1. The number of allylic oxidation sites excluding steroid dienone is 2. The van der Waals surface area contributed by atoms with Gasteiger partial charge in [-0.3, -0.25) is 14.4 Å². The smallest absolute Gasteiger partial charge is 0.312 e. The topological polar surface area (TPSA) is 104 Å². The van der Waals surface area contributed by atoms with Crippen molar-refractivity contribution in [2.75, 3.05) is 0 Å². The summed E-state index contributed by atoms with van der Waals surface area (Å²) >= 11 is 0. The Balaban J connectivity index is 1.51. The minimum atomic E-state index is -4.26. The van der Waals surface area contributed by atoms with Gasteiger partial charge in [0.1, 0.15) is 0 Å². The molecule has 0 amide bonds. The van der Waals surface area contributed by atoms with Gasteiger partial charge in [-0.15, -0.1) is 0 Å². The van der Waals surface area contributed by atoms with Gasteiger partial charge in [0.05, 0.1) is 38.7 Å². The summed E-state index contributed by atoms with van der Waals surface area (Å²) in [6.45, 7) is 3.43. The van der Waals surface area contributed by atoms with Gasteiger partial charge < -0.3 is 9.47 Å². The second-order valence-electron chi connectivity index (χ2n) is 12.8. The van der Waals surface area contributed by atoms with Crippen molar-refractivity contribution >= 4 is 38.7 Å². The molecule has 3 aromatic carbocycles. The third kappa shape index (κ3) is 4.29. The van der Waals surface area contributed by atoms with Gasteiger partial charge in [-0.05, 0) is 73.9 Å². The summed E-state index contributed by atoms with van der Waals surface area (Å²) in [4.78, 5) is 41.5. The molecule has 226 valence electrons. The highest BCUT2D eigenvalue weighted by molar-refractivity contribution is 7.92. The van der Waals surface area contributed by atoms with Crippen LogP contribution < -0.4 is 0 Å². The van der Waals surface area contributed by atoms with Crippen LogP contribution in [0.2, 0.25) is 0 Å². The van der Waals surface area contributed by atoms with Crippen molar-refractivity contribution in [1.29, 1.82) is 0 Å². The molecule has 3 saturated carbocycles. The number of carbonyl (C=O) groups excluding carboxylic acids is 3. The normalized spacial score (nSPS) is 27.9. The fourth-order valence-corrected chi connectivity index (χ4v) is 10.0. The Morgan fingerprint density at radius 2 is 1.09 bits per heavy atom. The Morgan fingerprint density at radius 3 is 1.52 bits per heavy atom. The number of rotatable bonds is 9. The van der Waals surface area contributed by atoms with Crippen LogP contribution in [0.3, 0.4) is 0 Å². The molecule has 7 rings (SSSR count). The van der Waals surface area contributed by atoms with Crippen LogP contribution in [0, 0.1) is 28.6 Å². The predicted octanol–water partition coefficient (Wildman–Crippen LogP) is 5.90. The number of benzene rings is 3. The molecular weight excluding hydrogens is 576 g/mol. The van der Waals surface area contributed by atoms with Gasteiger partial charge >= 0.3 is 11.9 Å². The molecule has 0 saturated heterocycles. The SMILES string of the molecule is C[C@@]12C(=O)[C@](C)(C(c3ccccc3)=C1c1ccccc1)C(S(=O)(=O)c1ccccc1)C2C(OC(=O)C1CC1)OC(=O)C1CC1. The molecule has 0 aromatic heterocycles. The Hall–Kier alpha value is -4.04. The molecule has 7 nitrogen and oxygen atoms in total. The molecule has 4 atom stereocenters. The summed E-state index contributed by atoms with van der Waals surface area (Å²) in [5, 5.41) is -1.39. The second-order valence-corrected chi connectivity index (χ2v) is 14.9. The number of esters is 2. The van der Waals surface area contributed by atoms with Gasteiger partial charge in [-0.2, -0.15) is 0 Å². The van der Waals surface area contributed by atoms with E-state index in [9.17, 15) is 18.0 Å². The highest BCUT2D eigenvalue weighted by Gasteiger charge is 2.77. The van der Waals surface area contributed by atoms with E-state index in [-0.39, 0.29) is 22.5 Å². The number of hydrogen-bond acceptors (Lipinski definition) is 7. The fourth-order valence-electron chi connectivity index (χ4n) is 7.54. The first-order valence-electron chi connectivity index (χ1n) is 15.2. The zero-order valence-corrected chi connectivity index (χ0v) is 25.5. The van der Waals surface area contributed by atoms with E-state index in [2.05, 4.69) is 0 Å².